The zero-order valence-electron chi connectivity index (χ0n) is 11.4. The lowest BCUT2D eigenvalue weighted by atomic mass is 9.92. The highest BCUT2D eigenvalue weighted by Crippen LogP contribution is 2.28. The van der Waals surface area contributed by atoms with E-state index in [9.17, 15) is 4.79 Å². The number of aromatic amines is 1. The predicted molar refractivity (Wildman–Crippen MR) is 75.7 cm³/mol. The van der Waals surface area contributed by atoms with Crippen LogP contribution in [-0.4, -0.2) is 32.7 Å². The summed E-state index contributed by atoms with van der Waals surface area (Å²) in [4.78, 5) is 15.2. The highest BCUT2D eigenvalue weighted by atomic mass is 16.4. The summed E-state index contributed by atoms with van der Waals surface area (Å²) >= 11 is 0. The molecule has 0 saturated heterocycles. The second kappa shape index (κ2) is 4.34. The molecule has 0 amide bonds. The molecule has 0 atom stereocenters. The number of aromatic nitrogens is 4. The highest BCUT2D eigenvalue weighted by molar-refractivity contribution is 6.39. The lowest BCUT2D eigenvalue weighted by Gasteiger charge is -2.02. The molecule has 0 unspecified atom stereocenters. The first-order valence-electron chi connectivity index (χ1n) is 6.15. The summed E-state index contributed by atoms with van der Waals surface area (Å²) in [6.07, 6.45) is 1.77. The molecule has 2 N–H and O–H groups in total. The first-order valence-corrected chi connectivity index (χ1v) is 6.15. The lowest BCUT2D eigenvalue weighted by molar-refractivity contribution is 0.241. The summed E-state index contributed by atoms with van der Waals surface area (Å²) in [6.45, 7) is 1.53. The fourth-order valence-corrected chi connectivity index (χ4v) is 2.46. The van der Waals surface area contributed by atoms with Crippen LogP contribution in [0.25, 0.3) is 22.4 Å². The maximum absolute atomic E-state index is 12.2. The smallest absolute Gasteiger partial charge is 0.274 e. The van der Waals surface area contributed by atoms with E-state index in [-0.39, 0.29) is 18.1 Å². The second-order valence-corrected chi connectivity index (χ2v) is 4.76. The normalized spacial score (nSPS) is 11.3. The van der Waals surface area contributed by atoms with Crippen molar-refractivity contribution >= 4 is 24.2 Å². The predicted octanol–water partition coefficient (Wildman–Crippen LogP) is -1.02. The molecule has 102 valence electrons. The van der Waals surface area contributed by atoms with Crippen LogP contribution in [0.4, 0.5) is 0 Å². The molecule has 3 aromatic heterocycles. The Bertz CT molecular complexity index is 862. The molecule has 0 saturated carbocycles. The van der Waals surface area contributed by atoms with E-state index in [1.54, 1.807) is 13.2 Å². The van der Waals surface area contributed by atoms with E-state index < -0.39 is 0 Å². The molecule has 0 aliphatic carbocycles. The number of rotatable bonds is 2. The molecular formula is C12H13BN4O3. The number of hydrogen-bond acceptors (Lipinski definition) is 5. The van der Waals surface area contributed by atoms with Gasteiger partial charge in [0.15, 0.2) is 0 Å². The van der Waals surface area contributed by atoms with Gasteiger partial charge in [-0.2, -0.15) is 0 Å². The minimum absolute atomic E-state index is 0.109. The maximum atomic E-state index is 12.2. The monoisotopic (exact) mass is 272 g/mol. The fraction of sp³-hybridized carbons (Fsp3) is 0.250. The Hall–Kier alpha value is -2.35. The summed E-state index contributed by atoms with van der Waals surface area (Å²) in [7, 11) is 3.63. The molecule has 0 radical (unpaired) electrons. The van der Waals surface area contributed by atoms with Crippen LogP contribution >= 0.6 is 0 Å². The maximum Gasteiger partial charge on any atom is 0.274 e. The van der Waals surface area contributed by atoms with Gasteiger partial charge in [-0.05, 0) is 6.92 Å². The van der Waals surface area contributed by atoms with Crippen LogP contribution in [0.2, 0.25) is 0 Å². The Kier molecular flexibility index (Phi) is 2.75. The molecule has 0 fully saturated rings. The SMILES string of the molecule is Bc1cn(C)c(=O)c2[nH]c(C)c(-c3nnc(CO)o3)c12. The third-order valence-electron chi connectivity index (χ3n) is 3.32. The fourth-order valence-electron chi connectivity index (χ4n) is 2.46. The number of hydrogen-bond donors (Lipinski definition) is 2. The van der Waals surface area contributed by atoms with Crippen molar-refractivity contribution in [2.24, 2.45) is 7.05 Å². The average molecular weight is 272 g/mol. The molecule has 3 aromatic rings. The number of nitrogens with one attached hydrogen (secondary N) is 1. The number of nitrogens with zero attached hydrogens (tertiary/aromatic N) is 3. The van der Waals surface area contributed by atoms with Gasteiger partial charge in [0.05, 0.1) is 5.56 Å². The van der Waals surface area contributed by atoms with E-state index in [0.29, 0.717) is 17.0 Å². The first kappa shape index (κ1) is 12.7. The summed E-state index contributed by atoms with van der Waals surface area (Å²) in [5, 5.41) is 17.5. The number of aliphatic hydroxyl groups is 1. The molecule has 20 heavy (non-hydrogen) atoms. The largest absolute Gasteiger partial charge is 0.418 e. The standard InChI is InChI=1S/C12H13BN4O3/c1-5-8(11-16-15-7(4-18)20-11)9-6(13)3-17(2)12(19)10(9)14-5/h3,14,18H,4,13H2,1-2H3. The van der Waals surface area contributed by atoms with Crippen molar-refractivity contribution in [1.82, 2.24) is 19.7 Å². The van der Waals surface area contributed by atoms with Crippen molar-refractivity contribution < 1.29 is 9.52 Å². The number of pyridine rings is 1. The topological polar surface area (TPSA) is 96.9 Å². The molecule has 8 heteroatoms. The third-order valence-corrected chi connectivity index (χ3v) is 3.32. The van der Waals surface area contributed by atoms with Gasteiger partial charge in [0.1, 0.15) is 20.0 Å². The molecule has 0 aromatic carbocycles. The Morgan fingerprint density at radius 2 is 2.25 bits per heavy atom. The summed E-state index contributed by atoms with van der Waals surface area (Å²) in [5.74, 6) is 0.449. The molecule has 0 aliphatic rings. The first-order chi connectivity index (χ1) is 9.52. The van der Waals surface area contributed by atoms with Gasteiger partial charge >= 0.3 is 0 Å². The van der Waals surface area contributed by atoms with Gasteiger partial charge in [-0.3, -0.25) is 4.79 Å². The van der Waals surface area contributed by atoms with Gasteiger partial charge in [-0.25, -0.2) is 0 Å². The van der Waals surface area contributed by atoms with Crippen molar-refractivity contribution in [1.29, 1.82) is 0 Å². The number of fused-ring (bicyclic) bond motifs is 1. The van der Waals surface area contributed by atoms with E-state index in [1.165, 1.54) is 4.57 Å². The van der Waals surface area contributed by atoms with Gasteiger partial charge in [0, 0.05) is 24.3 Å². The molecule has 3 heterocycles. The molecule has 0 bridgehead atoms. The summed E-state index contributed by atoms with van der Waals surface area (Å²) in [5.41, 5.74) is 2.83. The molecule has 3 rings (SSSR count). The van der Waals surface area contributed by atoms with Gasteiger partial charge in [-0.15, -0.1) is 10.2 Å². The molecule has 0 aliphatic heterocycles. The van der Waals surface area contributed by atoms with Crippen LogP contribution in [-0.2, 0) is 13.7 Å². The summed E-state index contributed by atoms with van der Waals surface area (Å²) in [6, 6.07) is 0. The van der Waals surface area contributed by atoms with Gasteiger partial charge in [-0.1, -0.05) is 5.46 Å². The van der Waals surface area contributed by atoms with Crippen molar-refractivity contribution in [2.75, 3.05) is 0 Å². The van der Waals surface area contributed by atoms with E-state index in [0.717, 1.165) is 16.5 Å². The number of aryl methyl sites for hydroxylation is 2. The quantitative estimate of drug-likeness (QED) is 0.582. The zero-order valence-corrected chi connectivity index (χ0v) is 11.4. The Morgan fingerprint density at radius 3 is 2.90 bits per heavy atom. The minimum atomic E-state index is -0.310. The molecule has 7 nitrogen and oxygen atoms in total. The Morgan fingerprint density at radius 1 is 1.50 bits per heavy atom. The van der Waals surface area contributed by atoms with Crippen molar-refractivity contribution in [3.05, 3.63) is 28.1 Å². The zero-order chi connectivity index (χ0) is 14.4. The number of H-pyrrole nitrogens is 1. The van der Waals surface area contributed by atoms with Crippen LogP contribution in [0.3, 0.4) is 0 Å². The highest BCUT2D eigenvalue weighted by Gasteiger charge is 2.20. The molecular weight excluding hydrogens is 259 g/mol. The number of aliphatic hydroxyl groups excluding tert-OH is 1. The van der Waals surface area contributed by atoms with Crippen LogP contribution in [0.15, 0.2) is 15.4 Å². The van der Waals surface area contributed by atoms with Crippen LogP contribution in [0.5, 0.6) is 0 Å². The van der Waals surface area contributed by atoms with Crippen LogP contribution in [0, 0.1) is 6.92 Å². The van der Waals surface area contributed by atoms with Crippen LogP contribution < -0.4 is 11.0 Å². The van der Waals surface area contributed by atoms with Gasteiger partial charge < -0.3 is 19.1 Å². The Labute approximate surface area is 114 Å². The van der Waals surface area contributed by atoms with Crippen molar-refractivity contribution in [3.63, 3.8) is 0 Å². The van der Waals surface area contributed by atoms with Crippen LogP contribution in [0.1, 0.15) is 11.6 Å². The third kappa shape index (κ3) is 1.69. The van der Waals surface area contributed by atoms with E-state index >= 15 is 0 Å². The lowest BCUT2D eigenvalue weighted by Crippen LogP contribution is -2.22. The van der Waals surface area contributed by atoms with E-state index in [2.05, 4.69) is 15.2 Å². The van der Waals surface area contributed by atoms with Crippen molar-refractivity contribution in [2.45, 2.75) is 13.5 Å². The van der Waals surface area contributed by atoms with E-state index in [1.807, 2.05) is 14.8 Å². The molecule has 0 spiro atoms. The van der Waals surface area contributed by atoms with Gasteiger partial charge in [0.25, 0.3) is 5.56 Å². The second-order valence-electron chi connectivity index (χ2n) is 4.76. The average Bonchev–Trinajstić information content (AvgIpc) is 2.99. The summed E-state index contributed by atoms with van der Waals surface area (Å²) < 4.78 is 6.92. The van der Waals surface area contributed by atoms with Crippen molar-refractivity contribution in [3.8, 4) is 11.5 Å². The minimum Gasteiger partial charge on any atom is -0.418 e. The van der Waals surface area contributed by atoms with E-state index in [4.69, 9.17) is 9.52 Å². The Balaban J connectivity index is 2.39. The van der Waals surface area contributed by atoms with Gasteiger partial charge in [0.2, 0.25) is 11.8 Å².